The van der Waals surface area contributed by atoms with Crippen molar-refractivity contribution in [1.82, 2.24) is 19.9 Å². The molecule has 4 aromatic rings. The number of nitrogens with one attached hydrogen (secondary N) is 1. The van der Waals surface area contributed by atoms with Crippen LogP contribution in [0.5, 0.6) is 17.2 Å². The molecule has 13 heteroatoms. The van der Waals surface area contributed by atoms with E-state index in [1.807, 2.05) is 59.3 Å². The molecule has 2 aromatic carbocycles. The van der Waals surface area contributed by atoms with E-state index in [0.717, 1.165) is 4.90 Å². The van der Waals surface area contributed by atoms with Gasteiger partial charge in [-0.15, -0.1) is 22.0 Å². The van der Waals surface area contributed by atoms with Crippen molar-refractivity contribution < 1.29 is 33.7 Å². The molecule has 0 saturated carbocycles. The highest BCUT2D eigenvalue weighted by molar-refractivity contribution is 7.98. The maximum absolute atomic E-state index is 14.3. The highest BCUT2D eigenvalue weighted by Gasteiger charge is 2.61. The summed E-state index contributed by atoms with van der Waals surface area (Å²) in [5, 5.41) is 23.4. The van der Waals surface area contributed by atoms with Crippen LogP contribution in [0.2, 0.25) is 5.02 Å². The summed E-state index contributed by atoms with van der Waals surface area (Å²) in [7, 11) is 2.82. The topological polar surface area (TPSA) is 141 Å². The molecule has 6 rings (SSSR count). The lowest BCUT2D eigenvalue weighted by molar-refractivity contribution is -0.121. The third-order valence-corrected chi connectivity index (χ3v) is 9.92. The number of thioether (sulfide) groups is 1. The van der Waals surface area contributed by atoms with E-state index in [4.69, 9.17) is 25.8 Å². The van der Waals surface area contributed by atoms with Gasteiger partial charge < -0.3 is 24.6 Å². The summed E-state index contributed by atoms with van der Waals surface area (Å²) < 4.78 is 19.0. The summed E-state index contributed by atoms with van der Waals surface area (Å²) in [5.41, 5.74) is -0.641. The van der Waals surface area contributed by atoms with Crippen molar-refractivity contribution in [2.45, 2.75) is 42.6 Å². The Bertz CT molecular complexity index is 1930. The number of pyridine rings is 1. The molecule has 2 N–H and O–H groups in total. The summed E-state index contributed by atoms with van der Waals surface area (Å²) in [5.74, 6) is -2.46. The molecule has 11 nitrogen and oxygen atoms in total. The number of benzene rings is 2. The van der Waals surface area contributed by atoms with Crippen molar-refractivity contribution >= 4 is 46.5 Å². The van der Waals surface area contributed by atoms with Crippen molar-refractivity contribution in [1.29, 1.82) is 0 Å². The first-order valence-corrected chi connectivity index (χ1v) is 16.6. The second-order valence-electron chi connectivity index (χ2n) is 11.4. The standard InChI is InChI=1S/C34H33ClN4O7S/c1-18-15-22(40)28(32(42)34(18)33(43)29-23(44-2)17-24(45-3)30(35)31(29)46-34)21(19-8-10-20(47-4)11-9-19)16-27(41)36-13-12-26-38-37-25-7-5-6-14-39(25)26/h5-11,14,17-18,21,42H,12-13,15-16H2,1-4H3,(H,36,41)/t18-,21?,34+/m1/s1. The van der Waals surface area contributed by atoms with Crippen molar-refractivity contribution in [3.63, 3.8) is 0 Å². The van der Waals surface area contributed by atoms with Crippen LogP contribution < -0.4 is 19.5 Å². The maximum Gasteiger partial charge on any atom is 0.231 e. The lowest BCUT2D eigenvalue weighted by Crippen LogP contribution is -2.53. The fourth-order valence-electron chi connectivity index (χ4n) is 6.39. The van der Waals surface area contributed by atoms with E-state index >= 15 is 0 Å². The molecule has 3 heterocycles. The van der Waals surface area contributed by atoms with E-state index in [-0.39, 0.29) is 64.5 Å². The number of carbonyl (C=O) groups excluding carboxylic acids is 3. The van der Waals surface area contributed by atoms with Gasteiger partial charge in [-0.05, 0) is 36.1 Å². The van der Waals surface area contributed by atoms with Crippen LogP contribution in [0.15, 0.2) is 71.0 Å². The highest BCUT2D eigenvalue weighted by Crippen LogP contribution is 2.55. The van der Waals surface area contributed by atoms with Gasteiger partial charge in [-0.3, -0.25) is 18.8 Å². The molecule has 1 unspecified atom stereocenters. The second-order valence-corrected chi connectivity index (χ2v) is 12.7. The number of hydrogen-bond acceptors (Lipinski definition) is 10. The molecule has 2 aromatic heterocycles. The molecule has 1 aliphatic carbocycles. The van der Waals surface area contributed by atoms with E-state index < -0.39 is 29.0 Å². The zero-order chi connectivity index (χ0) is 33.5. The normalized spacial score (nSPS) is 19.6. The van der Waals surface area contributed by atoms with E-state index in [0.29, 0.717) is 23.5 Å². The first-order chi connectivity index (χ1) is 22.6. The van der Waals surface area contributed by atoms with Gasteiger partial charge in [0.15, 0.2) is 22.9 Å². The number of aliphatic hydroxyl groups is 1. The Morgan fingerprint density at radius 3 is 2.62 bits per heavy atom. The summed E-state index contributed by atoms with van der Waals surface area (Å²) in [4.78, 5) is 42.6. The molecule has 244 valence electrons. The molecule has 0 fully saturated rings. The van der Waals surface area contributed by atoms with Gasteiger partial charge >= 0.3 is 0 Å². The third-order valence-electron chi connectivity index (χ3n) is 8.82. The van der Waals surface area contributed by atoms with Crippen LogP contribution in [0.3, 0.4) is 0 Å². The largest absolute Gasteiger partial charge is 0.507 e. The Morgan fingerprint density at radius 2 is 1.91 bits per heavy atom. The fraction of sp³-hybridized carbons (Fsp3) is 0.324. The minimum Gasteiger partial charge on any atom is -0.507 e. The van der Waals surface area contributed by atoms with E-state index in [9.17, 15) is 19.5 Å². The summed E-state index contributed by atoms with van der Waals surface area (Å²) in [6, 6.07) is 14.5. The molecule has 0 saturated heterocycles. The monoisotopic (exact) mass is 676 g/mol. The first-order valence-electron chi connectivity index (χ1n) is 15.0. The Labute approximate surface area is 280 Å². The number of allylic oxidation sites excluding steroid dienone is 1. The predicted molar refractivity (Wildman–Crippen MR) is 176 cm³/mol. The number of fused-ring (bicyclic) bond motifs is 2. The number of ketones is 2. The SMILES string of the molecule is COc1cc(OC)c2c(c1Cl)O[C@]1(C2=O)C(O)=C(C(CC(=O)NCCc2nnc3ccccn23)c2ccc(SC)cc2)C(=O)C[C@H]1C. The number of rotatable bonds is 10. The van der Waals surface area contributed by atoms with Crippen molar-refractivity contribution in [2.24, 2.45) is 5.92 Å². The fourth-order valence-corrected chi connectivity index (χ4v) is 7.07. The van der Waals surface area contributed by atoms with Crippen LogP contribution >= 0.6 is 23.4 Å². The molecular weight excluding hydrogens is 644 g/mol. The number of ether oxygens (including phenoxy) is 3. The molecule has 2 aliphatic rings. The average molecular weight is 677 g/mol. The highest BCUT2D eigenvalue weighted by atomic mass is 35.5. The number of methoxy groups -OCH3 is 2. The van der Waals surface area contributed by atoms with Crippen molar-refractivity contribution in [3.8, 4) is 17.2 Å². The Balaban J connectivity index is 1.36. The molecule has 47 heavy (non-hydrogen) atoms. The molecule has 1 aliphatic heterocycles. The minimum absolute atomic E-state index is 0.000382. The van der Waals surface area contributed by atoms with E-state index in [2.05, 4.69) is 15.5 Å². The summed E-state index contributed by atoms with van der Waals surface area (Å²) >= 11 is 8.14. The van der Waals surface area contributed by atoms with E-state index in [1.54, 1.807) is 18.7 Å². The predicted octanol–water partition coefficient (Wildman–Crippen LogP) is 5.39. The smallest absolute Gasteiger partial charge is 0.231 e. The molecule has 1 spiro atoms. The van der Waals surface area contributed by atoms with Gasteiger partial charge in [-0.25, -0.2) is 0 Å². The van der Waals surface area contributed by atoms with Crippen molar-refractivity contribution in [3.05, 3.63) is 88.0 Å². The number of Topliss-reactive ketones (excluding diaryl/α,β-unsaturated/α-hetero) is 2. The zero-order valence-corrected chi connectivity index (χ0v) is 27.8. The van der Waals surface area contributed by atoms with Gasteiger partial charge in [-0.2, -0.15) is 0 Å². The molecule has 0 radical (unpaired) electrons. The van der Waals surface area contributed by atoms with Gasteiger partial charge in [0.2, 0.25) is 17.3 Å². The number of hydrogen-bond donors (Lipinski definition) is 2. The third kappa shape index (κ3) is 5.48. The number of aromatic nitrogens is 3. The van der Waals surface area contributed by atoms with Crippen LogP contribution in [0.4, 0.5) is 0 Å². The maximum atomic E-state index is 14.3. The summed E-state index contributed by atoms with van der Waals surface area (Å²) in [6.45, 7) is 1.93. The Morgan fingerprint density at radius 1 is 1.17 bits per heavy atom. The van der Waals surface area contributed by atoms with Crippen LogP contribution in [-0.2, 0) is 16.0 Å². The van der Waals surface area contributed by atoms with Crippen LogP contribution in [0.25, 0.3) is 5.65 Å². The number of carbonyl (C=O) groups is 3. The van der Waals surface area contributed by atoms with Gasteiger partial charge in [-0.1, -0.05) is 36.7 Å². The minimum atomic E-state index is -1.96. The van der Waals surface area contributed by atoms with Gasteiger partial charge in [0.05, 0.1) is 14.2 Å². The number of nitrogens with zero attached hydrogens (tertiary/aromatic N) is 3. The van der Waals surface area contributed by atoms with Gasteiger partial charge in [0.1, 0.15) is 27.9 Å². The number of aliphatic hydroxyl groups excluding tert-OH is 1. The quantitative estimate of drug-likeness (QED) is 0.210. The van der Waals surface area contributed by atoms with E-state index in [1.165, 1.54) is 20.3 Å². The Hall–Kier alpha value is -4.55. The van der Waals surface area contributed by atoms with Crippen LogP contribution in [-0.4, -0.2) is 69.8 Å². The molecule has 0 bridgehead atoms. The molecular formula is C34H33ClN4O7S. The average Bonchev–Trinajstić information content (AvgIpc) is 3.63. The van der Waals surface area contributed by atoms with Crippen LogP contribution in [0, 0.1) is 5.92 Å². The summed E-state index contributed by atoms with van der Waals surface area (Å²) in [6.07, 6.45) is 3.93. The molecule has 3 atom stereocenters. The lowest BCUT2D eigenvalue weighted by atomic mass is 9.69. The van der Waals surface area contributed by atoms with Gasteiger partial charge in [0, 0.05) is 60.4 Å². The number of amides is 1. The Kier molecular flexibility index (Phi) is 8.91. The van der Waals surface area contributed by atoms with Crippen molar-refractivity contribution in [2.75, 3.05) is 27.0 Å². The zero-order valence-electron chi connectivity index (χ0n) is 26.2. The van der Waals surface area contributed by atoms with Gasteiger partial charge in [0.25, 0.3) is 0 Å². The second kappa shape index (κ2) is 12.9. The first kappa shape index (κ1) is 32.4. The molecule has 1 amide bonds. The number of halogens is 1. The lowest BCUT2D eigenvalue weighted by Gasteiger charge is -2.38. The van der Waals surface area contributed by atoms with Crippen LogP contribution in [0.1, 0.15) is 47.4 Å².